The third kappa shape index (κ3) is 1.59. The zero-order chi connectivity index (χ0) is 9.80. The summed E-state index contributed by atoms with van der Waals surface area (Å²) in [5.41, 5.74) is 0. The summed E-state index contributed by atoms with van der Waals surface area (Å²) in [5.74, 6) is 0. The van der Waals surface area contributed by atoms with E-state index >= 15 is 0 Å². The Morgan fingerprint density at radius 2 is 1.64 bits per heavy atom. The van der Waals surface area contributed by atoms with Crippen LogP contribution in [-0.4, -0.2) is 19.6 Å². The van der Waals surface area contributed by atoms with Gasteiger partial charge in [0.15, 0.2) is 6.17 Å². The van der Waals surface area contributed by atoms with Crippen LogP contribution in [0, 0.1) is 0 Å². The molecule has 0 aliphatic rings. The van der Waals surface area contributed by atoms with E-state index in [1.54, 1.807) is 12.4 Å². The Kier molecular flexibility index (Phi) is 2.44. The first-order chi connectivity index (χ1) is 6.92. The second kappa shape index (κ2) is 3.91. The summed E-state index contributed by atoms with van der Waals surface area (Å²) in [5, 5.41) is 8.39. The van der Waals surface area contributed by atoms with Crippen LogP contribution in [0.15, 0.2) is 49.1 Å². The summed E-state index contributed by atoms with van der Waals surface area (Å²) in [7, 11) is 0. The molecule has 14 heavy (non-hydrogen) atoms. The Hall–Kier alpha value is -1.84. The maximum absolute atomic E-state index is 4.20. The zero-order valence-corrected chi connectivity index (χ0v) is 7.99. The van der Waals surface area contributed by atoms with Crippen LogP contribution in [0.4, 0.5) is 0 Å². The molecule has 0 radical (unpaired) electrons. The molecule has 2 rings (SSSR count). The van der Waals surface area contributed by atoms with Crippen molar-refractivity contribution in [2.45, 2.75) is 13.1 Å². The Bertz CT molecular complexity index is 351. The zero-order valence-electron chi connectivity index (χ0n) is 7.99. The number of hydrogen-bond acceptors (Lipinski definition) is 2. The lowest BCUT2D eigenvalue weighted by Crippen LogP contribution is -2.16. The van der Waals surface area contributed by atoms with Gasteiger partial charge in [-0.3, -0.25) is 0 Å². The van der Waals surface area contributed by atoms with E-state index in [0.717, 1.165) is 0 Å². The van der Waals surface area contributed by atoms with Gasteiger partial charge in [0, 0.05) is 24.8 Å². The molecule has 2 heterocycles. The van der Waals surface area contributed by atoms with Gasteiger partial charge in [0.25, 0.3) is 0 Å². The van der Waals surface area contributed by atoms with Gasteiger partial charge in [-0.15, -0.1) is 0 Å². The molecule has 0 amide bonds. The minimum Gasteiger partial charge on any atom is -0.244 e. The Labute approximate surface area is 82.5 Å². The Morgan fingerprint density at radius 3 is 2.00 bits per heavy atom. The molecule has 0 saturated carbocycles. The molecule has 0 N–H and O–H groups in total. The lowest BCUT2D eigenvalue weighted by atomic mass is 10.4. The average molecular weight is 188 g/mol. The van der Waals surface area contributed by atoms with Crippen LogP contribution >= 0.6 is 0 Å². The summed E-state index contributed by atoms with van der Waals surface area (Å²) in [6, 6.07) is 3.81. The van der Waals surface area contributed by atoms with Crippen LogP contribution in [-0.2, 0) is 0 Å². The highest BCUT2D eigenvalue weighted by Crippen LogP contribution is 2.08. The fourth-order valence-corrected chi connectivity index (χ4v) is 1.34. The highest BCUT2D eigenvalue weighted by Gasteiger charge is 2.07. The summed E-state index contributed by atoms with van der Waals surface area (Å²) >= 11 is 0. The molecule has 0 bridgehead atoms. The summed E-state index contributed by atoms with van der Waals surface area (Å²) in [4.78, 5) is 0. The van der Waals surface area contributed by atoms with E-state index in [2.05, 4.69) is 10.2 Å². The number of rotatable bonds is 3. The number of hydrogen-bond donors (Lipinski definition) is 0. The van der Waals surface area contributed by atoms with E-state index in [4.69, 9.17) is 0 Å². The molecule has 0 saturated heterocycles. The van der Waals surface area contributed by atoms with Gasteiger partial charge in [0.2, 0.25) is 0 Å². The second-order valence-electron chi connectivity index (χ2n) is 2.91. The Morgan fingerprint density at radius 1 is 1.07 bits per heavy atom. The Balaban J connectivity index is 2.34. The summed E-state index contributed by atoms with van der Waals surface area (Å²) in [6.45, 7) is 1.99. The van der Waals surface area contributed by atoms with E-state index in [1.165, 1.54) is 0 Å². The molecule has 0 unspecified atom stereocenters. The lowest BCUT2D eigenvalue weighted by molar-refractivity contribution is 0.431. The highest BCUT2D eigenvalue weighted by atomic mass is 15.4. The largest absolute Gasteiger partial charge is 0.244 e. The van der Waals surface area contributed by atoms with Gasteiger partial charge >= 0.3 is 0 Å². The van der Waals surface area contributed by atoms with Crippen LogP contribution in [0.5, 0.6) is 0 Å². The molecular formula is C10H12N4. The van der Waals surface area contributed by atoms with Crippen molar-refractivity contribution in [1.29, 1.82) is 0 Å². The molecule has 0 fully saturated rings. The topological polar surface area (TPSA) is 35.6 Å². The fourth-order valence-electron chi connectivity index (χ4n) is 1.34. The van der Waals surface area contributed by atoms with Gasteiger partial charge < -0.3 is 0 Å². The van der Waals surface area contributed by atoms with E-state index in [-0.39, 0.29) is 6.17 Å². The van der Waals surface area contributed by atoms with E-state index in [1.807, 2.05) is 53.0 Å². The van der Waals surface area contributed by atoms with E-state index < -0.39 is 0 Å². The first-order valence-corrected chi connectivity index (χ1v) is 4.53. The van der Waals surface area contributed by atoms with Crippen molar-refractivity contribution in [1.82, 2.24) is 19.6 Å². The molecular weight excluding hydrogens is 176 g/mol. The molecule has 0 aliphatic carbocycles. The molecule has 4 nitrogen and oxygen atoms in total. The quantitative estimate of drug-likeness (QED) is 0.687. The number of allylic oxidation sites excluding steroid dienone is 2. The fraction of sp³-hybridized carbons (Fsp3) is 0.200. The van der Waals surface area contributed by atoms with Gasteiger partial charge in [0.1, 0.15) is 0 Å². The summed E-state index contributed by atoms with van der Waals surface area (Å²) in [6.07, 6.45) is 11.4. The average Bonchev–Trinajstić information content (AvgIpc) is 2.87. The molecule has 0 aromatic carbocycles. The predicted molar refractivity (Wildman–Crippen MR) is 53.7 cm³/mol. The van der Waals surface area contributed by atoms with Crippen LogP contribution < -0.4 is 0 Å². The SMILES string of the molecule is C/C=C/C(n1cccn1)n1cccn1. The lowest BCUT2D eigenvalue weighted by Gasteiger charge is -2.13. The predicted octanol–water partition coefficient (Wildman–Crippen LogP) is 1.70. The number of nitrogens with zero attached hydrogens (tertiary/aromatic N) is 4. The molecule has 2 aromatic rings. The van der Waals surface area contributed by atoms with Gasteiger partial charge in [-0.25, -0.2) is 9.36 Å². The minimum absolute atomic E-state index is 0.0324. The standard InChI is InChI=1S/C10H12N4/c1-2-5-10(13-8-3-6-11-13)14-9-4-7-12-14/h2-10H,1H3/b5-2+. The maximum atomic E-state index is 4.20. The molecule has 4 heteroatoms. The third-order valence-electron chi connectivity index (χ3n) is 1.96. The van der Waals surface area contributed by atoms with Crippen molar-refractivity contribution in [3.8, 4) is 0 Å². The molecule has 0 aliphatic heterocycles. The van der Waals surface area contributed by atoms with Crippen molar-refractivity contribution in [3.05, 3.63) is 49.1 Å². The normalized spacial score (nSPS) is 11.6. The van der Waals surface area contributed by atoms with Crippen LogP contribution in [0.1, 0.15) is 13.1 Å². The van der Waals surface area contributed by atoms with E-state index in [9.17, 15) is 0 Å². The molecule has 0 spiro atoms. The second-order valence-corrected chi connectivity index (χ2v) is 2.91. The monoisotopic (exact) mass is 188 g/mol. The van der Waals surface area contributed by atoms with Crippen LogP contribution in [0.25, 0.3) is 0 Å². The summed E-state index contributed by atoms with van der Waals surface area (Å²) < 4.78 is 3.71. The van der Waals surface area contributed by atoms with E-state index in [0.29, 0.717) is 0 Å². The highest BCUT2D eigenvalue weighted by molar-refractivity contribution is 4.95. The number of aromatic nitrogens is 4. The van der Waals surface area contributed by atoms with Gasteiger partial charge in [-0.1, -0.05) is 6.08 Å². The van der Waals surface area contributed by atoms with Crippen LogP contribution in [0.3, 0.4) is 0 Å². The smallest absolute Gasteiger partial charge is 0.161 e. The van der Waals surface area contributed by atoms with Crippen molar-refractivity contribution in [2.75, 3.05) is 0 Å². The first-order valence-electron chi connectivity index (χ1n) is 4.53. The first kappa shape index (κ1) is 8.74. The van der Waals surface area contributed by atoms with Crippen LogP contribution in [0.2, 0.25) is 0 Å². The minimum atomic E-state index is 0.0324. The van der Waals surface area contributed by atoms with Crippen molar-refractivity contribution < 1.29 is 0 Å². The third-order valence-corrected chi connectivity index (χ3v) is 1.96. The molecule has 2 aromatic heterocycles. The van der Waals surface area contributed by atoms with Crippen molar-refractivity contribution in [3.63, 3.8) is 0 Å². The van der Waals surface area contributed by atoms with Gasteiger partial charge in [0.05, 0.1) is 0 Å². The van der Waals surface area contributed by atoms with Gasteiger partial charge in [-0.2, -0.15) is 10.2 Å². The van der Waals surface area contributed by atoms with Crippen molar-refractivity contribution >= 4 is 0 Å². The maximum Gasteiger partial charge on any atom is 0.161 e. The van der Waals surface area contributed by atoms with Crippen molar-refractivity contribution in [2.24, 2.45) is 0 Å². The van der Waals surface area contributed by atoms with Gasteiger partial charge in [-0.05, 0) is 25.1 Å². The molecule has 72 valence electrons. The molecule has 0 atom stereocenters.